The van der Waals surface area contributed by atoms with Crippen LogP contribution < -0.4 is 0 Å². The van der Waals surface area contributed by atoms with E-state index in [0.717, 1.165) is 26.0 Å². The van der Waals surface area contributed by atoms with E-state index in [-0.39, 0.29) is 10.9 Å². The van der Waals surface area contributed by atoms with Crippen LogP contribution in [0.2, 0.25) is 0 Å². The molecule has 0 saturated carbocycles. The van der Waals surface area contributed by atoms with Crippen LogP contribution in [0.4, 0.5) is 0 Å². The van der Waals surface area contributed by atoms with E-state index in [2.05, 4.69) is 35.3 Å². The minimum absolute atomic E-state index is 0.165. The number of methoxy groups -OCH3 is 1. The zero-order chi connectivity index (χ0) is 12.6. The van der Waals surface area contributed by atoms with E-state index in [4.69, 9.17) is 9.47 Å². The Balaban J connectivity index is 1.81. The molecule has 1 heterocycles. The van der Waals surface area contributed by atoms with E-state index in [0.29, 0.717) is 6.79 Å². The molecule has 2 rings (SSSR count). The summed E-state index contributed by atoms with van der Waals surface area (Å²) in [5.41, 5.74) is 0. The number of rotatable bonds is 7. The molecule has 1 aliphatic heterocycles. The molecule has 0 amide bonds. The fourth-order valence-corrected chi connectivity index (χ4v) is 4.41. The molecule has 0 aromatic heterocycles. The lowest BCUT2D eigenvalue weighted by molar-refractivity contribution is -0.0306. The third-order valence-electron chi connectivity index (χ3n) is 2.89. The first-order chi connectivity index (χ1) is 8.92. The summed E-state index contributed by atoms with van der Waals surface area (Å²) < 4.78 is 10.2. The van der Waals surface area contributed by atoms with Crippen molar-refractivity contribution in [2.75, 3.05) is 32.8 Å². The quantitative estimate of drug-likeness (QED) is 0.468. The molecule has 0 N–H and O–H groups in total. The summed E-state index contributed by atoms with van der Waals surface area (Å²) in [6.45, 7) is 2.14. The monoisotopic (exact) mass is 267 g/mol. The molecule has 1 atom stereocenters. The summed E-state index contributed by atoms with van der Waals surface area (Å²) in [6, 6.07) is 10.8. The molecule has 1 unspecified atom stereocenters. The largest absolute Gasteiger partial charge is 0.359 e. The van der Waals surface area contributed by atoms with Crippen LogP contribution in [-0.4, -0.2) is 37.9 Å². The van der Waals surface area contributed by atoms with Crippen LogP contribution in [-0.2, 0) is 9.47 Å². The van der Waals surface area contributed by atoms with Gasteiger partial charge in [0.1, 0.15) is 6.79 Å². The van der Waals surface area contributed by atoms with E-state index >= 15 is 0 Å². The number of benzene rings is 1. The number of hydrogen-bond acceptors (Lipinski definition) is 3. The number of nitrogens with zero attached hydrogens (tertiary/aromatic N) is 1. The zero-order valence-corrected chi connectivity index (χ0v) is 11.7. The average Bonchev–Trinajstić information content (AvgIpc) is 2.88. The van der Waals surface area contributed by atoms with Crippen LogP contribution in [0.3, 0.4) is 0 Å². The van der Waals surface area contributed by atoms with Gasteiger partial charge in [-0.3, -0.25) is 4.99 Å². The van der Waals surface area contributed by atoms with E-state index < -0.39 is 0 Å². The van der Waals surface area contributed by atoms with E-state index in [1.54, 1.807) is 7.11 Å². The topological polar surface area (TPSA) is 30.8 Å². The molecule has 0 fully saturated rings. The molecule has 4 heteroatoms. The molecule has 1 aromatic rings. The lowest BCUT2D eigenvalue weighted by atomic mass is 10.3. The normalized spacial score (nSPS) is 20.9. The minimum atomic E-state index is -0.165. The predicted octanol–water partition coefficient (Wildman–Crippen LogP) is 2.86. The third kappa shape index (κ3) is 3.83. The SMILES string of the molecule is COCOCCCC1=NCC[SH]1c1ccccc1. The maximum absolute atomic E-state index is 5.31. The van der Waals surface area contributed by atoms with Crippen molar-refractivity contribution in [3.63, 3.8) is 0 Å². The van der Waals surface area contributed by atoms with Gasteiger partial charge in [-0.2, -0.15) is 10.9 Å². The molecule has 0 aliphatic carbocycles. The fourth-order valence-electron chi connectivity index (χ4n) is 2.07. The van der Waals surface area contributed by atoms with Crippen molar-refractivity contribution < 1.29 is 9.47 Å². The van der Waals surface area contributed by atoms with Gasteiger partial charge < -0.3 is 9.47 Å². The highest BCUT2D eigenvalue weighted by atomic mass is 32.2. The Morgan fingerprint density at radius 3 is 2.89 bits per heavy atom. The highest BCUT2D eigenvalue weighted by molar-refractivity contribution is 8.30. The number of hydrogen-bond donors (Lipinski definition) is 1. The molecule has 100 valence electrons. The summed E-state index contributed by atoms with van der Waals surface area (Å²) in [6.07, 6.45) is 2.10. The lowest BCUT2D eigenvalue weighted by Gasteiger charge is -2.17. The van der Waals surface area contributed by atoms with E-state index in [1.165, 1.54) is 15.7 Å². The summed E-state index contributed by atoms with van der Waals surface area (Å²) in [7, 11) is 1.48. The van der Waals surface area contributed by atoms with Crippen LogP contribution in [0.15, 0.2) is 40.2 Å². The van der Waals surface area contributed by atoms with Gasteiger partial charge in [-0.1, -0.05) is 18.2 Å². The predicted molar refractivity (Wildman–Crippen MR) is 77.9 cm³/mol. The van der Waals surface area contributed by atoms with Gasteiger partial charge in [0.15, 0.2) is 0 Å². The van der Waals surface area contributed by atoms with Crippen molar-refractivity contribution in [3.8, 4) is 0 Å². The second kappa shape index (κ2) is 7.56. The van der Waals surface area contributed by atoms with Crippen molar-refractivity contribution in [2.24, 2.45) is 4.99 Å². The van der Waals surface area contributed by atoms with E-state index in [9.17, 15) is 0 Å². The molecule has 18 heavy (non-hydrogen) atoms. The van der Waals surface area contributed by atoms with Gasteiger partial charge in [-0.15, -0.1) is 0 Å². The average molecular weight is 267 g/mol. The smallest absolute Gasteiger partial charge is 0.146 e. The van der Waals surface area contributed by atoms with Gasteiger partial charge in [0.25, 0.3) is 0 Å². The van der Waals surface area contributed by atoms with Gasteiger partial charge >= 0.3 is 0 Å². The minimum Gasteiger partial charge on any atom is -0.359 e. The second-order valence-electron chi connectivity index (χ2n) is 4.20. The zero-order valence-electron chi connectivity index (χ0n) is 10.8. The van der Waals surface area contributed by atoms with Gasteiger partial charge in [0.05, 0.1) is 5.04 Å². The van der Waals surface area contributed by atoms with Gasteiger partial charge in [0.2, 0.25) is 0 Å². The summed E-state index contributed by atoms with van der Waals surface area (Å²) in [5, 5.41) is 1.40. The Hall–Kier alpha value is -0.840. The molecule has 0 bridgehead atoms. The van der Waals surface area contributed by atoms with Crippen molar-refractivity contribution in [3.05, 3.63) is 30.3 Å². The summed E-state index contributed by atoms with van der Waals surface area (Å²) >= 11 is 0. The number of thiol groups is 1. The first-order valence-corrected chi connectivity index (χ1v) is 7.87. The van der Waals surface area contributed by atoms with E-state index in [1.807, 2.05) is 0 Å². The Kier molecular flexibility index (Phi) is 5.71. The molecule has 1 aliphatic rings. The first kappa shape index (κ1) is 13.6. The Bertz CT molecular complexity index is 381. The molecule has 0 spiro atoms. The molecule has 0 saturated heterocycles. The Morgan fingerprint density at radius 1 is 1.28 bits per heavy atom. The summed E-state index contributed by atoms with van der Waals surface area (Å²) in [4.78, 5) is 6.13. The standard InChI is InChI=1S/C14H21NO2S/c1-16-12-17-10-5-8-14-15-9-11-18(14)13-6-3-2-4-7-13/h2-4,6-7,18H,5,8-12H2,1H3. The van der Waals surface area contributed by atoms with Crippen molar-refractivity contribution in [2.45, 2.75) is 17.7 Å². The maximum Gasteiger partial charge on any atom is 0.146 e. The van der Waals surface area contributed by atoms with Crippen LogP contribution in [0.25, 0.3) is 0 Å². The van der Waals surface area contributed by atoms with Crippen LogP contribution in [0.5, 0.6) is 0 Å². The first-order valence-electron chi connectivity index (χ1n) is 6.34. The molecule has 0 radical (unpaired) electrons. The molecular weight excluding hydrogens is 246 g/mol. The molecule has 1 aromatic carbocycles. The Labute approximate surface area is 112 Å². The third-order valence-corrected chi connectivity index (χ3v) is 5.44. The van der Waals surface area contributed by atoms with Crippen molar-refractivity contribution in [1.82, 2.24) is 0 Å². The molecule has 3 nitrogen and oxygen atoms in total. The van der Waals surface area contributed by atoms with Gasteiger partial charge in [-0.05, 0) is 29.9 Å². The number of aliphatic imine (C=N–C) groups is 1. The lowest BCUT2D eigenvalue weighted by Crippen LogP contribution is -2.03. The summed E-state index contributed by atoms with van der Waals surface area (Å²) in [5.74, 6) is 1.22. The maximum atomic E-state index is 5.31. The fraction of sp³-hybridized carbons (Fsp3) is 0.500. The highest BCUT2D eigenvalue weighted by Gasteiger charge is 2.18. The Morgan fingerprint density at radius 2 is 2.11 bits per heavy atom. The van der Waals surface area contributed by atoms with Crippen LogP contribution >= 0.6 is 10.9 Å². The highest BCUT2D eigenvalue weighted by Crippen LogP contribution is 2.42. The van der Waals surface area contributed by atoms with Gasteiger partial charge in [-0.25, -0.2) is 0 Å². The van der Waals surface area contributed by atoms with Crippen LogP contribution in [0, 0.1) is 0 Å². The number of ether oxygens (including phenoxy) is 2. The second-order valence-corrected chi connectivity index (χ2v) is 6.54. The van der Waals surface area contributed by atoms with Crippen LogP contribution in [0.1, 0.15) is 12.8 Å². The molecular formula is C14H21NO2S. The van der Waals surface area contributed by atoms with Gasteiger partial charge in [0, 0.05) is 26.0 Å². The van der Waals surface area contributed by atoms with Crippen molar-refractivity contribution in [1.29, 1.82) is 0 Å². The van der Waals surface area contributed by atoms with Crippen molar-refractivity contribution >= 4 is 15.9 Å².